The average molecular weight is 208 g/mol. The van der Waals surface area contributed by atoms with Crippen molar-refractivity contribution in [3.8, 4) is 0 Å². The maximum atomic E-state index is 2.45. The van der Waals surface area contributed by atoms with Crippen LogP contribution in [0.3, 0.4) is 0 Å². The number of hydrogen-bond acceptors (Lipinski definition) is 0. The van der Waals surface area contributed by atoms with Gasteiger partial charge in [0.2, 0.25) is 0 Å². The first kappa shape index (κ1) is 12.8. The van der Waals surface area contributed by atoms with Gasteiger partial charge in [0.15, 0.2) is 0 Å². The van der Waals surface area contributed by atoms with Crippen molar-refractivity contribution in [3.05, 3.63) is 12.2 Å². The molecule has 0 atom stereocenters. The third kappa shape index (κ3) is 5.39. The Hall–Kier alpha value is -0.260. The van der Waals surface area contributed by atoms with Crippen LogP contribution in [0.2, 0.25) is 0 Å². The van der Waals surface area contributed by atoms with Gasteiger partial charge in [-0.2, -0.15) is 0 Å². The Bertz CT molecular complexity index is 158. The van der Waals surface area contributed by atoms with Crippen LogP contribution in [0.1, 0.15) is 78.1 Å². The third-order valence-electron chi connectivity index (χ3n) is 3.63. The van der Waals surface area contributed by atoms with Gasteiger partial charge in [0.05, 0.1) is 0 Å². The highest BCUT2D eigenvalue weighted by Crippen LogP contribution is 2.44. The normalized spacial score (nSPS) is 16.9. The van der Waals surface area contributed by atoms with Gasteiger partial charge in [-0.1, -0.05) is 77.4 Å². The summed E-state index contributed by atoms with van der Waals surface area (Å²) in [6, 6.07) is 0. The molecule has 0 heteroatoms. The van der Waals surface area contributed by atoms with Crippen LogP contribution in [0.25, 0.3) is 0 Å². The zero-order chi connectivity index (χ0) is 11.0. The minimum atomic E-state index is 0.599. The van der Waals surface area contributed by atoms with Gasteiger partial charge in [0.1, 0.15) is 0 Å². The highest BCUT2D eigenvalue weighted by molar-refractivity contribution is 5.25. The van der Waals surface area contributed by atoms with E-state index in [2.05, 4.69) is 26.0 Å². The maximum Gasteiger partial charge on any atom is 0.00615 e. The Morgan fingerprint density at radius 3 is 1.47 bits per heavy atom. The fraction of sp³-hybridized carbons (Fsp3) is 0.867. The minimum Gasteiger partial charge on any atom is -0.0777 e. The predicted molar refractivity (Wildman–Crippen MR) is 69.1 cm³/mol. The first-order valence-corrected chi connectivity index (χ1v) is 7.03. The molecule has 0 bridgehead atoms. The number of unbranched alkanes of at least 4 members (excludes halogenated alkanes) is 6. The van der Waals surface area contributed by atoms with E-state index in [0.717, 1.165) is 0 Å². The molecule has 88 valence electrons. The molecule has 0 fully saturated rings. The Kier molecular flexibility index (Phi) is 6.05. The molecular weight excluding hydrogens is 180 g/mol. The van der Waals surface area contributed by atoms with Crippen LogP contribution < -0.4 is 0 Å². The van der Waals surface area contributed by atoms with E-state index in [0.29, 0.717) is 5.41 Å². The van der Waals surface area contributed by atoms with Crippen molar-refractivity contribution in [2.45, 2.75) is 78.1 Å². The zero-order valence-electron chi connectivity index (χ0n) is 10.7. The van der Waals surface area contributed by atoms with Crippen molar-refractivity contribution in [1.29, 1.82) is 0 Å². The molecule has 1 aliphatic carbocycles. The Labute approximate surface area is 96.2 Å². The molecule has 0 amide bonds. The molecule has 0 heterocycles. The molecule has 0 nitrogen and oxygen atoms in total. The molecule has 15 heavy (non-hydrogen) atoms. The summed E-state index contributed by atoms with van der Waals surface area (Å²) < 4.78 is 0. The molecular formula is C15H28. The summed E-state index contributed by atoms with van der Waals surface area (Å²) in [6.07, 6.45) is 19.1. The van der Waals surface area contributed by atoms with Crippen molar-refractivity contribution >= 4 is 0 Å². The molecule has 0 aromatic rings. The minimum absolute atomic E-state index is 0.599. The van der Waals surface area contributed by atoms with Crippen molar-refractivity contribution < 1.29 is 0 Å². The van der Waals surface area contributed by atoms with Gasteiger partial charge in [-0.15, -0.1) is 0 Å². The van der Waals surface area contributed by atoms with Crippen LogP contribution in [0.4, 0.5) is 0 Å². The summed E-state index contributed by atoms with van der Waals surface area (Å²) >= 11 is 0. The molecule has 0 N–H and O–H groups in total. The summed E-state index contributed by atoms with van der Waals surface area (Å²) in [5, 5.41) is 0. The van der Waals surface area contributed by atoms with Crippen molar-refractivity contribution in [2.75, 3.05) is 0 Å². The van der Waals surface area contributed by atoms with Crippen LogP contribution in [0.5, 0.6) is 0 Å². The predicted octanol–water partition coefficient (Wildman–Crippen LogP) is 5.48. The van der Waals surface area contributed by atoms with Crippen molar-refractivity contribution in [3.63, 3.8) is 0 Å². The Morgan fingerprint density at radius 1 is 0.667 bits per heavy atom. The quantitative estimate of drug-likeness (QED) is 0.329. The van der Waals surface area contributed by atoms with E-state index in [-0.39, 0.29) is 0 Å². The van der Waals surface area contributed by atoms with Crippen LogP contribution in [0.15, 0.2) is 12.2 Å². The molecule has 1 aliphatic rings. The van der Waals surface area contributed by atoms with E-state index >= 15 is 0 Å². The lowest BCUT2D eigenvalue weighted by atomic mass is 9.89. The number of rotatable bonds is 10. The van der Waals surface area contributed by atoms with Gasteiger partial charge < -0.3 is 0 Å². The van der Waals surface area contributed by atoms with E-state index < -0.39 is 0 Å². The summed E-state index contributed by atoms with van der Waals surface area (Å²) in [5.41, 5.74) is 0.599. The molecule has 0 unspecified atom stereocenters. The summed E-state index contributed by atoms with van der Waals surface area (Å²) in [7, 11) is 0. The summed E-state index contributed by atoms with van der Waals surface area (Å²) in [4.78, 5) is 0. The standard InChI is InChI=1S/C15H28/c1-3-5-7-9-11-15(13-14-15)12-10-8-6-4-2/h13-14H,3-12H2,1-2H3. The second-order valence-corrected chi connectivity index (χ2v) is 5.19. The van der Waals surface area contributed by atoms with Gasteiger partial charge in [-0.05, 0) is 12.8 Å². The maximum absolute atomic E-state index is 2.45. The van der Waals surface area contributed by atoms with Crippen LogP contribution in [0, 0.1) is 5.41 Å². The Balaban J connectivity index is 1.96. The van der Waals surface area contributed by atoms with Gasteiger partial charge in [-0.3, -0.25) is 0 Å². The lowest BCUT2D eigenvalue weighted by Crippen LogP contribution is -2.02. The van der Waals surface area contributed by atoms with Gasteiger partial charge in [0.25, 0.3) is 0 Å². The highest BCUT2D eigenvalue weighted by Gasteiger charge is 2.31. The monoisotopic (exact) mass is 208 g/mol. The van der Waals surface area contributed by atoms with E-state index in [1.807, 2.05) is 0 Å². The second-order valence-electron chi connectivity index (χ2n) is 5.19. The first-order chi connectivity index (χ1) is 7.33. The lowest BCUT2D eigenvalue weighted by Gasteiger charge is -2.15. The number of hydrogen-bond donors (Lipinski definition) is 0. The fourth-order valence-corrected chi connectivity index (χ4v) is 2.34. The molecule has 0 saturated carbocycles. The fourth-order valence-electron chi connectivity index (χ4n) is 2.34. The first-order valence-electron chi connectivity index (χ1n) is 7.03. The van der Waals surface area contributed by atoms with E-state index in [1.54, 1.807) is 0 Å². The lowest BCUT2D eigenvalue weighted by molar-refractivity contribution is 0.423. The molecule has 1 rings (SSSR count). The molecule has 0 radical (unpaired) electrons. The van der Waals surface area contributed by atoms with E-state index in [1.165, 1.54) is 64.2 Å². The van der Waals surface area contributed by atoms with Crippen LogP contribution in [-0.4, -0.2) is 0 Å². The second kappa shape index (κ2) is 7.09. The van der Waals surface area contributed by atoms with E-state index in [4.69, 9.17) is 0 Å². The van der Waals surface area contributed by atoms with Crippen LogP contribution in [-0.2, 0) is 0 Å². The number of allylic oxidation sites excluding steroid dienone is 2. The highest BCUT2D eigenvalue weighted by atomic mass is 14.4. The molecule has 0 saturated heterocycles. The molecule has 0 aromatic carbocycles. The van der Waals surface area contributed by atoms with Gasteiger partial charge in [-0.25, -0.2) is 0 Å². The molecule has 0 spiro atoms. The Morgan fingerprint density at radius 2 is 1.13 bits per heavy atom. The summed E-state index contributed by atoms with van der Waals surface area (Å²) in [6.45, 7) is 4.58. The van der Waals surface area contributed by atoms with Gasteiger partial charge in [0, 0.05) is 5.41 Å². The third-order valence-corrected chi connectivity index (χ3v) is 3.63. The molecule has 0 aliphatic heterocycles. The van der Waals surface area contributed by atoms with Crippen molar-refractivity contribution in [1.82, 2.24) is 0 Å². The smallest absolute Gasteiger partial charge is 0.00615 e. The molecule has 0 aromatic heterocycles. The topological polar surface area (TPSA) is 0 Å². The van der Waals surface area contributed by atoms with E-state index in [9.17, 15) is 0 Å². The zero-order valence-corrected chi connectivity index (χ0v) is 10.7. The summed E-state index contributed by atoms with van der Waals surface area (Å²) in [5.74, 6) is 0. The SMILES string of the molecule is CCCCCCC1(CCCCCC)C=C1. The largest absolute Gasteiger partial charge is 0.0777 e. The van der Waals surface area contributed by atoms with Gasteiger partial charge >= 0.3 is 0 Å². The van der Waals surface area contributed by atoms with Crippen molar-refractivity contribution in [2.24, 2.45) is 5.41 Å². The van der Waals surface area contributed by atoms with Crippen LogP contribution >= 0.6 is 0 Å². The average Bonchev–Trinajstić information content (AvgIpc) is 3.01.